The van der Waals surface area contributed by atoms with Gasteiger partial charge in [0.2, 0.25) is 0 Å². The summed E-state index contributed by atoms with van der Waals surface area (Å²) in [5.74, 6) is 0.119. The molecule has 0 aliphatic carbocycles. The zero-order valence-corrected chi connectivity index (χ0v) is 27.8. The van der Waals surface area contributed by atoms with Gasteiger partial charge >= 0.3 is 5.97 Å². The molecule has 8 heteroatoms. The molecular weight excluding hydrogens is 570 g/mol. The van der Waals surface area contributed by atoms with E-state index in [1.54, 1.807) is 18.4 Å². The quantitative estimate of drug-likeness (QED) is 0.230. The highest BCUT2D eigenvalue weighted by Gasteiger charge is 2.35. The molecule has 2 aromatic heterocycles. The predicted molar refractivity (Wildman–Crippen MR) is 177 cm³/mol. The molecule has 3 heterocycles. The lowest BCUT2D eigenvalue weighted by molar-refractivity contribution is -0.139. The maximum Gasteiger partial charge on any atom is 0.338 e. The summed E-state index contributed by atoms with van der Waals surface area (Å²) in [5, 5.41) is 0. The number of hydrogen-bond acceptors (Lipinski definition) is 6. The largest absolute Gasteiger partial charge is 0.491 e. The number of fused-ring (bicyclic) bond motifs is 1. The SMILES string of the molecule is CCOC(=O)C1=C(C)N=c2s/c(=C/c3cc(C)n(-c4ccc(C(C)(C)C)cc4)c3C)c(=O)n2[C@@H]1c1ccccc1OC(C)C. The van der Waals surface area contributed by atoms with E-state index < -0.39 is 12.0 Å². The zero-order valence-electron chi connectivity index (χ0n) is 27.0. The van der Waals surface area contributed by atoms with Gasteiger partial charge in [0.1, 0.15) is 11.8 Å². The monoisotopic (exact) mass is 611 g/mol. The molecule has 0 saturated heterocycles. The molecule has 0 amide bonds. The molecule has 230 valence electrons. The molecule has 0 radical (unpaired) electrons. The minimum Gasteiger partial charge on any atom is -0.491 e. The third kappa shape index (κ3) is 5.83. The van der Waals surface area contributed by atoms with E-state index in [9.17, 15) is 9.59 Å². The average Bonchev–Trinajstić information content (AvgIpc) is 3.41. The number of rotatable bonds is 7. The number of para-hydroxylation sites is 1. The molecule has 1 aliphatic heterocycles. The normalized spacial score (nSPS) is 15.4. The van der Waals surface area contributed by atoms with Gasteiger partial charge in [-0.15, -0.1) is 0 Å². The van der Waals surface area contributed by atoms with Crippen molar-refractivity contribution in [3.8, 4) is 11.4 Å². The highest BCUT2D eigenvalue weighted by molar-refractivity contribution is 7.07. The number of thiazole rings is 1. The molecule has 5 rings (SSSR count). The number of benzene rings is 2. The van der Waals surface area contributed by atoms with Crippen molar-refractivity contribution in [2.24, 2.45) is 4.99 Å². The van der Waals surface area contributed by atoms with Crippen molar-refractivity contribution in [2.45, 2.75) is 79.9 Å². The number of hydrogen-bond donors (Lipinski definition) is 0. The minimum atomic E-state index is -0.740. The average molecular weight is 612 g/mol. The van der Waals surface area contributed by atoms with E-state index in [0.29, 0.717) is 31.9 Å². The lowest BCUT2D eigenvalue weighted by Crippen LogP contribution is -2.40. The van der Waals surface area contributed by atoms with Crippen molar-refractivity contribution in [1.82, 2.24) is 9.13 Å². The molecule has 0 spiro atoms. The van der Waals surface area contributed by atoms with Gasteiger partial charge in [0.05, 0.1) is 28.5 Å². The lowest BCUT2D eigenvalue weighted by atomic mass is 9.87. The second-order valence-electron chi connectivity index (χ2n) is 12.5. The van der Waals surface area contributed by atoms with Gasteiger partial charge < -0.3 is 14.0 Å². The first kappa shape index (κ1) is 31.3. The van der Waals surface area contributed by atoms with Crippen LogP contribution in [0.3, 0.4) is 0 Å². The fraction of sp³-hybridized carbons (Fsp3) is 0.361. The van der Waals surface area contributed by atoms with Crippen molar-refractivity contribution < 1.29 is 14.3 Å². The molecule has 44 heavy (non-hydrogen) atoms. The summed E-state index contributed by atoms with van der Waals surface area (Å²) >= 11 is 1.32. The number of aromatic nitrogens is 2. The molecule has 0 unspecified atom stereocenters. The van der Waals surface area contributed by atoms with E-state index in [2.05, 4.69) is 69.5 Å². The van der Waals surface area contributed by atoms with Crippen LogP contribution >= 0.6 is 11.3 Å². The number of allylic oxidation sites excluding steroid dienone is 1. The fourth-order valence-electron chi connectivity index (χ4n) is 5.74. The van der Waals surface area contributed by atoms with Crippen molar-refractivity contribution in [3.63, 3.8) is 0 Å². The summed E-state index contributed by atoms with van der Waals surface area (Å²) in [7, 11) is 0. The number of nitrogens with zero attached hydrogens (tertiary/aromatic N) is 3. The van der Waals surface area contributed by atoms with Crippen LogP contribution in [0.5, 0.6) is 5.75 Å². The second-order valence-corrected chi connectivity index (χ2v) is 13.5. The molecule has 4 aromatic rings. The van der Waals surface area contributed by atoms with Crippen molar-refractivity contribution in [2.75, 3.05) is 6.61 Å². The van der Waals surface area contributed by atoms with Gasteiger partial charge in [-0.3, -0.25) is 9.36 Å². The van der Waals surface area contributed by atoms with Crippen LogP contribution in [-0.4, -0.2) is 27.8 Å². The molecular formula is C36H41N3O4S. The molecule has 1 aliphatic rings. The molecule has 7 nitrogen and oxygen atoms in total. The first-order valence-corrected chi connectivity index (χ1v) is 15.9. The fourth-order valence-corrected chi connectivity index (χ4v) is 6.77. The van der Waals surface area contributed by atoms with Crippen molar-refractivity contribution in [1.29, 1.82) is 0 Å². The summed E-state index contributed by atoms with van der Waals surface area (Å²) in [5.41, 5.74) is 6.84. The van der Waals surface area contributed by atoms with Gasteiger partial charge in [0.15, 0.2) is 4.80 Å². The third-order valence-electron chi connectivity index (χ3n) is 7.84. The number of ether oxygens (including phenoxy) is 2. The van der Waals surface area contributed by atoms with E-state index >= 15 is 0 Å². The Balaban J connectivity index is 1.67. The Morgan fingerprint density at radius 2 is 1.75 bits per heavy atom. The van der Waals surface area contributed by atoms with Crippen LogP contribution in [0.25, 0.3) is 11.8 Å². The number of esters is 1. The number of carbonyl (C=O) groups is 1. The van der Waals surface area contributed by atoms with Gasteiger partial charge in [-0.2, -0.15) is 0 Å². The Hall–Kier alpha value is -4.17. The number of aryl methyl sites for hydroxylation is 1. The maximum atomic E-state index is 14.2. The standard InChI is InChI=1S/C36H41N3O4S/c1-10-42-34(41)31-23(5)37-35-39(32(31)28-13-11-12-14-29(28)43-21(2)3)33(40)30(44-35)20-25-19-22(4)38(24(25)6)27-17-15-26(16-18-27)36(7,8)9/h11-21,32H,10H2,1-9H3/b30-20+/t32-/m1/s1. The Labute approximate surface area is 262 Å². The summed E-state index contributed by atoms with van der Waals surface area (Å²) in [6.07, 6.45) is 1.84. The number of carbonyl (C=O) groups excluding carboxylic acids is 1. The molecule has 2 aromatic carbocycles. The molecule has 0 bridgehead atoms. The van der Waals surface area contributed by atoms with Crippen LogP contribution in [0, 0.1) is 13.8 Å². The van der Waals surface area contributed by atoms with Crippen LogP contribution < -0.4 is 19.6 Å². The van der Waals surface area contributed by atoms with Crippen LogP contribution in [0.1, 0.15) is 82.6 Å². The second kappa shape index (κ2) is 12.1. The van der Waals surface area contributed by atoms with E-state index in [1.807, 2.05) is 44.2 Å². The summed E-state index contributed by atoms with van der Waals surface area (Å²) < 4.78 is 16.0. The molecule has 1 atom stereocenters. The predicted octanol–water partition coefficient (Wildman–Crippen LogP) is 6.29. The summed E-state index contributed by atoms with van der Waals surface area (Å²) in [6.45, 7) is 18.4. The smallest absolute Gasteiger partial charge is 0.338 e. The van der Waals surface area contributed by atoms with Gasteiger partial charge in [-0.05, 0) is 88.4 Å². The van der Waals surface area contributed by atoms with Gasteiger partial charge in [-0.25, -0.2) is 9.79 Å². The molecule has 0 saturated carbocycles. The Morgan fingerprint density at radius 3 is 2.39 bits per heavy atom. The van der Waals surface area contributed by atoms with E-state index in [1.165, 1.54) is 16.9 Å². The van der Waals surface area contributed by atoms with Gasteiger partial charge in [0.25, 0.3) is 5.56 Å². The van der Waals surface area contributed by atoms with E-state index in [4.69, 9.17) is 14.5 Å². The first-order chi connectivity index (χ1) is 20.8. The van der Waals surface area contributed by atoms with E-state index in [-0.39, 0.29) is 23.7 Å². The van der Waals surface area contributed by atoms with Crippen LogP contribution in [0.2, 0.25) is 0 Å². The summed E-state index contributed by atoms with van der Waals surface area (Å²) in [6, 6.07) is 17.6. The van der Waals surface area contributed by atoms with Crippen molar-refractivity contribution in [3.05, 3.63) is 114 Å². The lowest BCUT2D eigenvalue weighted by Gasteiger charge is -2.26. The first-order valence-electron chi connectivity index (χ1n) is 15.1. The highest BCUT2D eigenvalue weighted by atomic mass is 32.1. The van der Waals surface area contributed by atoms with Gasteiger partial charge in [0, 0.05) is 22.6 Å². The zero-order chi connectivity index (χ0) is 31.9. The third-order valence-corrected chi connectivity index (χ3v) is 8.82. The van der Waals surface area contributed by atoms with Crippen LogP contribution in [0.4, 0.5) is 0 Å². The molecule has 0 N–H and O–H groups in total. The Morgan fingerprint density at radius 1 is 1.07 bits per heavy atom. The van der Waals surface area contributed by atoms with Crippen LogP contribution in [0.15, 0.2) is 75.7 Å². The van der Waals surface area contributed by atoms with Crippen LogP contribution in [-0.2, 0) is 14.9 Å². The summed E-state index contributed by atoms with van der Waals surface area (Å²) in [4.78, 5) is 32.8. The maximum absolute atomic E-state index is 14.2. The highest BCUT2D eigenvalue weighted by Crippen LogP contribution is 2.36. The topological polar surface area (TPSA) is 74.8 Å². The minimum absolute atomic E-state index is 0.0728. The Kier molecular flexibility index (Phi) is 8.58. The van der Waals surface area contributed by atoms with E-state index in [0.717, 1.165) is 22.6 Å². The molecule has 0 fully saturated rings. The Bertz CT molecular complexity index is 1930. The van der Waals surface area contributed by atoms with Crippen molar-refractivity contribution >= 4 is 23.4 Å². The van der Waals surface area contributed by atoms with Gasteiger partial charge in [-0.1, -0.05) is 62.4 Å².